The van der Waals surface area contributed by atoms with Crippen LogP contribution in [-0.2, 0) is 28.9 Å². The smallest absolute Gasteiger partial charge is 0.331 e. The van der Waals surface area contributed by atoms with Crippen LogP contribution in [0.1, 0.15) is 11.1 Å². The molecule has 0 heterocycles. The highest BCUT2D eigenvalue weighted by molar-refractivity contribution is 7.90. The SMILES string of the molecule is COC(=O)C1(C(=O)OC)C=C(c2ccc(F)cc2)C(c2ccc(S(C)(=O)=O)cc2)=C1. The lowest BCUT2D eigenvalue weighted by molar-refractivity contribution is -0.161. The van der Waals surface area contributed by atoms with Gasteiger partial charge in [-0.25, -0.2) is 12.8 Å². The molecule has 30 heavy (non-hydrogen) atoms. The summed E-state index contributed by atoms with van der Waals surface area (Å²) >= 11 is 0. The summed E-state index contributed by atoms with van der Waals surface area (Å²) in [4.78, 5) is 25.3. The van der Waals surface area contributed by atoms with Crippen LogP contribution in [0, 0.1) is 11.2 Å². The quantitative estimate of drug-likeness (QED) is 0.535. The van der Waals surface area contributed by atoms with E-state index in [4.69, 9.17) is 9.47 Å². The van der Waals surface area contributed by atoms with Crippen molar-refractivity contribution in [1.29, 1.82) is 0 Å². The van der Waals surface area contributed by atoms with Gasteiger partial charge in [0.25, 0.3) is 0 Å². The van der Waals surface area contributed by atoms with Gasteiger partial charge in [0, 0.05) is 6.26 Å². The number of esters is 2. The number of carbonyl (C=O) groups excluding carboxylic acids is 2. The maximum Gasteiger partial charge on any atom is 0.331 e. The molecule has 0 spiro atoms. The van der Waals surface area contributed by atoms with Crippen molar-refractivity contribution in [3.63, 3.8) is 0 Å². The second kappa shape index (κ2) is 7.87. The van der Waals surface area contributed by atoms with Gasteiger partial charge in [0.05, 0.1) is 19.1 Å². The van der Waals surface area contributed by atoms with Crippen LogP contribution in [0.3, 0.4) is 0 Å². The standard InChI is InChI=1S/C22H19FO6S/c1-28-20(24)22(21(25)29-2)12-18(14-4-8-16(23)9-5-14)19(13-22)15-6-10-17(11-7-15)30(3,26)27/h4-13H,1-3H3. The van der Waals surface area contributed by atoms with Crippen LogP contribution in [-0.4, -0.2) is 40.8 Å². The summed E-state index contributed by atoms with van der Waals surface area (Å²) in [6.07, 6.45) is 3.93. The van der Waals surface area contributed by atoms with E-state index in [-0.39, 0.29) is 4.90 Å². The number of hydrogen-bond acceptors (Lipinski definition) is 6. The van der Waals surface area contributed by atoms with Crippen LogP contribution in [0.25, 0.3) is 11.1 Å². The first-order valence-corrected chi connectivity index (χ1v) is 10.7. The normalized spacial score (nSPS) is 15.2. The summed E-state index contributed by atoms with van der Waals surface area (Å²) < 4.78 is 46.6. The Balaban J connectivity index is 2.23. The third kappa shape index (κ3) is 3.78. The molecule has 0 saturated heterocycles. The van der Waals surface area contributed by atoms with Crippen molar-refractivity contribution in [2.24, 2.45) is 5.41 Å². The average molecular weight is 430 g/mol. The van der Waals surface area contributed by atoms with Crippen LogP contribution in [0.15, 0.2) is 65.6 Å². The van der Waals surface area contributed by atoms with E-state index in [1.54, 1.807) is 12.1 Å². The van der Waals surface area contributed by atoms with Crippen molar-refractivity contribution < 1.29 is 31.9 Å². The molecule has 3 rings (SSSR count). The molecule has 0 fully saturated rings. The fourth-order valence-electron chi connectivity index (χ4n) is 3.30. The van der Waals surface area contributed by atoms with Crippen LogP contribution in [0.5, 0.6) is 0 Å². The summed E-state index contributed by atoms with van der Waals surface area (Å²) in [7, 11) is -1.08. The third-order valence-electron chi connectivity index (χ3n) is 4.83. The van der Waals surface area contributed by atoms with Gasteiger partial charge in [0.2, 0.25) is 5.41 Å². The van der Waals surface area contributed by atoms with Gasteiger partial charge in [-0.3, -0.25) is 9.59 Å². The molecule has 2 aromatic carbocycles. The molecule has 156 valence electrons. The minimum Gasteiger partial charge on any atom is -0.468 e. The number of halogens is 1. The molecule has 0 atom stereocenters. The Hall–Kier alpha value is -3.26. The molecule has 0 unspecified atom stereocenters. The maximum atomic E-state index is 13.4. The Labute approximate surface area is 173 Å². The van der Waals surface area contributed by atoms with Crippen molar-refractivity contribution in [3.05, 3.63) is 77.6 Å². The summed E-state index contributed by atoms with van der Waals surface area (Å²) in [5.41, 5.74) is 0.269. The van der Waals surface area contributed by atoms with E-state index in [0.717, 1.165) is 20.5 Å². The number of sulfone groups is 1. The molecule has 0 bridgehead atoms. The van der Waals surface area contributed by atoms with Crippen molar-refractivity contribution in [3.8, 4) is 0 Å². The molecular formula is C22H19FO6S. The molecular weight excluding hydrogens is 411 g/mol. The molecule has 0 N–H and O–H groups in total. The van der Waals surface area contributed by atoms with Crippen LogP contribution >= 0.6 is 0 Å². The van der Waals surface area contributed by atoms with Gasteiger partial charge < -0.3 is 9.47 Å². The largest absolute Gasteiger partial charge is 0.468 e. The number of methoxy groups -OCH3 is 2. The molecule has 0 radical (unpaired) electrons. The molecule has 6 nitrogen and oxygen atoms in total. The third-order valence-corrected chi connectivity index (χ3v) is 5.96. The minimum absolute atomic E-state index is 0.129. The molecule has 1 aliphatic rings. The Morgan fingerprint density at radius 1 is 0.800 bits per heavy atom. The topological polar surface area (TPSA) is 86.7 Å². The van der Waals surface area contributed by atoms with Crippen molar-refractivity contribution in [2.45, 2.75) is 4.90 Å². The van der Waals surface area contributed by atoms with Crippen molar-refractivity contribution in [2.75, 3.05) is 20.5 Å². The first-order chi connectivity index (χ1) is 14.1. The molecule has 0 aliphatic heterocycles. The lowest BCUT2D eigenvalue weighted by Gasteiger charge is -2.18. The fourth-order valence-corrected chi connectivity index (χ4v) is 3.93. The fraction of sp³-hybridized carbons (Fsp3) is 0.182. The number of rotatable bonds is 5. The predicted octanol–water partition coefficient (Wildman–Crippen LogP) is 3.04. The van der Waals surface area contributed by atoms with E-state index < -0.39 is 33.0 Å². The summed E-state index contributed by atoms with van der Waals surface area (Å²) in [5.74, 6) is -2.11. The maximum absolute atomic E-state index is 13.4. The second-order valence-corrected chi connectivity index (χ2v) is 8.79. The van der Waals surface area contributed by atoms with E-state index in [0.29, 0.717) is 22.3 Å². The molecule has 2 aromatic rings. The molecule has 8 heteroatoms. The summed E-state index contributed by atoms with van der Waals surface area (Å²) in [6, 6.07) is 11.6. The van der Waals surface area contributed by atoms with Gasteiger partial charge in [-0.1, -0.05) is 24.3 Å². The second-order valence-electron chi connectivity index (χ2n) is 6.77. The Kier molecular flexibility index (Phi) is 5.63. The Morgan fingerprint density at radius 2 is 1.20 bits per heavy atom. The van der Waals surface area contributed by atoms with E-state index in [9.17, 15) is 22.4 Å². The van der Waals surface area contributed by atoms with E-state index in [1.165, 1.54) is 48.6 Å². The van der Waals surface area contributed by atoms with Gasteiger partial charge in [-0.2, -0.15) is 0 Å². The zero-order valence-corrected chi connectivity index (χ0v) is 17.3. The van der Waals surface area contributed by atoms with Crippen LogP contribution in [0.4, 0.5) is 4.39 Å². The molecule has 0 amide bonds. The van der Waals surface area contributed by atoms with E-state index in [1.807, 2.05) is 0 Å². The number of carbonyl (C=O) groups is 2. The highest BCUT2D eigenvalue weighted by Crippen LogP contribution is 2.45. The number of benzene rings is 2. The van der Waals surface area contributed by atoms with Gasteiger partial charge in [0.1, 0.15) is 5.82 Å². The van der Waals surface area contributed by atoms with E-state index in [2.05, 4.69) is 0 Å². The number of ether oxygens (including phenoxy) is 2. The summed E-state index contributed by atoms with van der Waals surface area (Å²) in [6.45, 7) is 0. The Bertz CT molecular complexity index is 1140. The molecule has 0 aromatic heterocycles. The minimum atomic E-state index is -3.40. The van der Waals surface area contributed by atoms with Gasteiger partial charge in [-0.05, 0) is 58.7 Å². The Morgan fingerprint density at radius 3 is 1.57 bits per heavy atom. The van der Waals surface area contributed by atoms with Crippen LogP contribution in [0.2, 0.25) is 0 Å². The van der Waals surface area contributed by atoms with Gasteiger partial charge in [0.15, 0.2) is 9.84 Å². The number of allylic oxidation sites excluding steroid dienone is 2. The predicted molar refractivity (Wildman–Crippen MR) is 108 cm³/mol. The highest BCUT2D eigenvalue weighted by Gasteiger charge is 2.49. The first kappa shape index (κ1) is 21.4. The lowest BCUT2D eigenvalue weighted by atomic mass is 9.89. The summed E-state index contributed by atoms with van der Waals surface area (Å²) in [5, 5.41) is 0. The van der Waals surface area contributed by atoms with Gasteiger partial charge >= 0.3 is 11.9 Å². The van der Waals surface area contributed by atoms with Crippen molar-refractivity contribution in [1.82, 2.24) is 0 Å². The van der Waals surface area contributed by atoms with Gasteiger partial charge in [-0.15, -0.1) is 0 Å². The molecule has 0 saturated carbocycles. The number of hydrogen-bond donors (Lipinski definition) is 0. The zero-order valence-electron chi connectivity index (χ0n) is 16.5. The zero-order chi connectivity index (χ0) is 22.1. The average Bonchev–Trinajstić information content (AvgIpc) is 3.14. The molecule has 1 aliphatic carbocycles. The van der Waals surface area contributed by atoms with Crippen molar-refractivity contribution >= 4 is 32.9 Å². The monoisotopic (exact) mass is 430 g/mol. The van der Waals surface area contributed by atoms with Crippen LogP contribution < -0.4 is 0 Å². The first-order valence-electron chi connectivity index (χ1n) is 8.82. The lowest BCUT2D eigenvalue weighted by Crippen LogP contribution is -2.36. The van der Waals surface area contributed by atoms with E-state index >= 15 is 0 Å². The highest BCUT2D eigenvalue weighted by atomic mass is 32.2.